The Morgan fingerprint density at radius 2 is 1.75 bits per heavy atom. The molecule has 0 radical (unpaired) electrons. The molecule has 2 aromatic rings. The van der Waals surface area contributed by atoms with Crippen LogP contribution in [0.1, 0.15) is 32.6 Å². The summed E-state index contributed by atoms with van der Waals surface area (Å²) in [6.07, 6.45) is 0. The highest BCUT2D eigenvalue weighted by atomic mass is 19.1. The van der Waals surface area contributed by atoms with E-state index in [4.69, 9.17) is 4.74 Å². The lowest BCUT2D eigenvalue weighted by Crippen LogP contribution is -2.08. The highest BCUT2D eigenvalue weighted by molar-refractivity contribution is 6.10. The van der Waals surface area contributed by atoms with Crippen LogP contribution in [0.3, 0.4) is 0 Å². The van der Waals surface area contributed by atoms with Crippen LogP contribution in [-0.4, -0.2) is 12.9 Å². The van der Waals surface area contributed by atoms with Gasteiger partial charge < -0.3 is 4.74 Å². The van der Waals surface area contributed by atoms with Crippen LogP contribution in [-0.2, 0) is 0 Å². The number of rotatable bonds is 3. The molecule has 0 atom stereocenters. The first-order valence-electron chi connectivity index (χ1n) is 6.40. The number of hydrogen-bond donors (Lipinski definition) is 0. The second-order valence-electron chi connectivity index (χ2n) is 4.95. The van der Waals surface area contributed by atoms with Crippen molar-refractivity contribution in [2.75, 3.05) is 7.11 Å². The molecule has 0 aliphatic carbocycles. The highest BCUT2D eigenvalue weighted by Crippen LogP contribution is 2.24. The third-order valence-corrected chi connectivity index (χ3v) is 3.33. The minimum atomic E-state index is -0.480. The smallest absolute Gasteiger partial charge is 0.196 e. The monoisotopic (exact) mass is 272 g/mol. The minimum Gasteiger partial charge on any atom is -0.496 e. The average Bonchev–Trinajstić information content (AvgIpc) is 2.37. The van der Waals surface area contributed by atoms with Gasteiger partial charge in [0.05, 0.1) is 12.7 Å². The van der Waals surface area contributed by atoms with E-state index in [9.17, 15) is 9.18 Å². The molecule has 0 unspecified atom stereocenters. The van der Waals surface area contributed by atoms with Crippen molar-refractivity contribution in [1.29, 1.82) is 0 Å². The van der Waals surface area contributed by atoms with E-state index in [0.29, 0.717) is 16.9 Å². The van der Waals surface area contributed by atoms with Crippen LogP contribution >= 0.6 is 0 Å². The van der Waals surface area contributed by atoms with Gasteiger partial charge in [-0.25, -0.2) is 4.39 Å². The summed E-state index contributed by atoms with van der Waals surface area (Å²) >= 11 is 0. The number of methoxy groups -OCH3 is 1. The molecule has 2 rings (SSSR count). The first-order chi connectivity index (χ1) is 9.43. The zero-order valence-electron chi connectivity index (χ0n) is 12.1. The Hall–Kier alpha value is -2.16. The van der Waals surface area contributed by atoms with Crippen LogP contribution in [0.5, 0.6) is 5.75 Å². The summed E-state index contributed by atoms with van der Waals surface area (Å²) in [4.78, 5) is 12.5. The summed E-state index contributed by atoms with van der Waals surface area (Å²) < 4.78 is 19.3. The normalized spacial score (nSPS) is 10.4. The first kappa shape index (κ1) is 14.3. The van der Waals surface area contributed by atoms with Gasteiger partial charge in [-0.15, -0.1) is 0 Å². The molecule has 0 aromatic heterocycles. The van der Waals surface area contributed by atoms with Crippen LogP contribution in [0.4, 0.5) is 4.39 Å². The van der Waals surface area contributed by atoms with E-state index in [1.165, 1.54) is 6.07 Å². The molecule has 0 aliphatic heterocycles. The van der Waals surface area contributed by atoms with Crippen LogP contribution in [0.2, 0.25) is 0 Å². The molecular formula is C17H17FO2. The van der Waals surface area contributed by atoms with Gasteiger partial charge in [-0.05, 0) is 49.6 Å². The van der Waals surface area contributed by atoms with Crippen LogP contribution in [0.25, 0.3) is 0 Å². The molecule has 20 heavy (non-hydrogen) atoms. The topological polar surface area (TPSA) is 26.3 Å². The van der Waals surface area contributed by atoms with Crippen molar-refractivity contribution in [3.05, 3.63) is 64.0 Å². The number of benzene rings is 2. The van der Waals surface area contributed by atoms with Crippen LogP contribution in [0, 0.1) is 26.6 Å². The summed E-state index contributed by atoms with van der Waals surface area (Å²) in [5.74, 6) is -0.175. The van der Waals surface area contributed by atoms with E-state index in [-0.39, 0.29) is 11.3 Å². The number of ether oxygens (including phenoxy) is 1. The standard InChI is InChI=1S/C17H17FO2/c1-10-7-12(3)16(14(18)8-10)17(19)13-6-5-11(2)15(9-13)20-4/h5-9H,1-4H3. The average molecular weight is 272 g/mol. The lowest BCUT2D eigenvalue weighted by molar-refractivity contribution is 0.103. The van der Waals surface area contributed by atoms with Gasteiger partial charge in [0.1, 0.15) is 11.6 Å². The molecule has 0 saturated heterocycles. The number of aryl methyl sites for hydroxylation is 3. The fraction of sp³-hybridized carbons (Fsp3) is 0.235. The maximum absolute atomic E-state index is 14.1. The molecule has 0 spiro atoms. The summed E-state index contributed by atoms with van der Waals surface area (Å²) in [5, 5.41) is 0. The van der Waals surface area contributed by atoms with E-state index < -0.39 is 5.82 Å². The van der Waals surface area contributed by atoms with E-state index >= 15 is 0 Å². The maximum Gasteiger partial charge on any atom is 0.196 e. The van der Waals surface area contributed by atoms with E-state index in [0.717, 1.165) is 11.1 Å². The number of carbonyl (C=O) groups is 1. The van der Waals surface area contributed by atoms with Crippen molar-refractivity contribution >= 4 is 5.78 Å². The molecule has 3 heteroatoms. The van der Waals surface area contributed by atoms with Gasteiger partial charge in [0.25, 0.3) is 0 Å². The summed E-state index contributed by atoms with van der Waals surface area (Å²) in [6.45, 7) is 5.44. The van der Waals surface area contributed by atoms with Gasteiger partial charge in [-0.1, -0.05) is 18.2 Å². The molecule has 2 nitrogen and oxygen atoms in total. The molecule has 0 saturated carbocycles. The van der Waals surface area contributed by atoms with Crippen molar-refractivity contribution in [2.24, 2.45) is 0 Å². The summed E-state index contributed by atoms with van der Waals surface area (Å²) in [7, 11) is 1.55. The van der Waals surface area contributed by atoms with Gasteiger partial charge >= 0.3 is 0 Å². The van der Waals surface area contributed by atoms with Crippen molar-refractivity contribution in [2.45, 2.75) is 20.8 Å². The van der Waals surface area contributed by atoms with Crippen molar-refractivity contribution < 1.29 is 13.9 Å². The third kappa shape index (κ3) is 2.57. The Kier molecular flexibility index (Phi) is 3.89. The summed E-state index contributed by atoms with van der Waals surface area (Å²) in [5.41, 5.74) is 2.94. The highest BCUT2D eigenvalue weighted by Gasteiger charge is 2.18. The molecule has 0 bridgehead atoms. The molecule has 0 amide bonds. The number of ketones is 1. The fourth-order valence-electron chi connectivity index (χ4n) is 2.31. The second-order valence-corrected chi connectivity index (χ2v) is 4.95. The zero-order valence-corrected chi connectivity index (χ0v) is 12.1. The van der Waals surface area contributed by atoms with Gasteiger partial charge in [0.15, 0.2) is 5.78 Å². The Balaban J connectivity index is 2.52. The Morgan fingerprint density at radius 1 is 1.05 bits per heavy atom. The summed E-state index contributed by atoms with van der Waals surface area (Å²) in [6, 6.07) is 8.33. The van der Waals surface area contributed by atoms with Crippen molar-refractivity contribution in [3.8, 4) is 5.75 Å². The quantitative estimate of drug-likeness (QED) is 0.790. The molecule has 0 aliphatic rings. The van der Waals surface area contributed by atoms with Gasteiger partial charge in [-0.2, -0.15) is 0 Å². The second kappa shape index (κ2) is 5.45. The molecule has 2 aromatic carbocycles. The van der Waals surface area contributed by atoms with Crippen LogP contribution in [0.15, 0.2) is 30.3 Å². The molecule has 104 valence electrons. The van der Waals surface area contributed by atoms with Gasteiger partial charge in [-0.3, -0.25) is 4.79 Å². The first-order valence-corrected chi connectivity index (χ1v) is 6.40. The Morgan fingerprint density at radius 3 is 2.35 bits per heavy atom. The minimum absolute atomic E-state index is 0.126. The van der Waals surface area contributed by atoms with E-state index in [1.807, 2.05) is 13.0 Å². The SMILES string of the molecule is COc1cc(C(=O)c2c(C)cc(C)cc2F)ccc1C. The van der Waals surface area contributed by atoms with E-state index in [2.05, 4.69) is 0 Å². The van der Waals surface area contributed by atoms with Crippen molar-refractivity contribution in [1.82, 2.24) is 0 Å². The predicted molar refractivity (Wildman–Crippen MR) is 77.0 cm³/mol. The number of halogens is 1. The molecular weight excluding hydrogens is 255 g/mol. The molecule has 0 fully saturated rings. The zero-order chi connectivity index (χ0) is 14.9. The lowest BCUT2D eigenvalue weighted by Gasteiger charge is -2.10. The third-order valence-electron chi connectivity index (χ3n) is 3.33. The van der Waals surface area contributed by atoms with Crippen LogP contribution < -0.4 is 4.74 Å². The Bertz CT molecular complexity index is 652. The predicted octanol–water partition coefficient (Wildman–Crippen LogP) is 3.99. The largest absolute Gasteiger partial charge is 0.496 e. The molecule has 0 heterocycles. The fourth-order valence-corrected chi connectivity index (χ4v) is 2.31. The Labute approximate surface area is 118 Å². The lowest BCUT2D eigenvalue weighted by atomic mass is 9.96. The maximum atomic E-state index is 14.1. The van der Waals surface area contributed by atoms with Crippen molar-refractivity contribution in [3.63, 3.8) is 0 Å². The van der Waals surface area contributed by atoms with Gasteiger partial charge in [0.2, 0.25) is 0 Å². The van der Waals surface area contributed by atoms with Gasteiger partial charge in [0, 0.05) is 5.56 Å². The number of hydrogen-bond acceptors (Lipinski definition) is 2. The van der Waals surface area contributed by atoms with E-state index in [1.54, 1.807) is 39.2 Å². The molecule has 0 N–H and O–H groups in total. The number of carbonyl (C=O) groups excluding carboxylic acids is 1.